The Morgan fingerprint density at radius 3 is 2.41 bits per heavy atom. The van der Waals surface area contributed by atoms with Gasteiger partial charge in [0.2, 0.25) is 5.43 Å². The first-order valence-corrected chi connectivity index (χ1v) is 10.0. The van der Waals surface area contributed by atoms with E-state index >= 15 is 0 Å². The predicted molar refractivity (Wildman–Crippen MR) is 117 cm³/mol. The minimum Gasteiger partial charge on any atom is -0.320 e. The molecular formula is C22H14ClF4N5O2. The highest BCUT2D eigenvalue weighted by atomic mass is 35.5. The quantitative estimate of drug-likeness (QED) is 0.414. The molecule has 0 aliphatic carbocycles. The first-order chi connectivity index (χ1) is 16.0. The number of nitrogens with zero attached hydrogens (tertiary/aromatic N) is 4. The first-order valence-electron chi connectivity index (χ1n) is 9.66. The van der Waals surface area contributed by atoms with Gasteiger partial charge in [-0.3, -0.25) is 14.2 Å². The van der Waals surface area contributed by atoms with E-state index in [-0.39, 0.29) is 27.6 Å². The number of anilines is 1. The Labute approximate surface area is 194 Å². The van der Waals surface area contributed by atoms with Crippen molar-refractivity contribution < 1.29 is 22.4 Å². The van der Waals surface area contributed by atoms with Crippen molar-refractivity contribution in [2.45, 2.75) is 20.0 Å². The Bertz CT molecular complexity index is 1500. The SMILES string of the molecule is Cc1nc2c(=O)c(C(=O)Nc3ccc(C(F)(F)F)nc3)cn(-c3ccc(Cl)cc3F)c2nc1C. The second-order valence-corrected chi connectivity index (χ2v) is 7.72. The topological polar surface area (TPSA) is 89.8 Å². The molecule has 1 aromatic carbocycles. The molecule has 3 aromatic heterocycles. The zero-order valence-electron chi connectivity index (χ0n) is 17.5. The Hall–Kier alpha value is -3.86. The zero-order chi connectivity index (χ0) is 24.8. The van der Waals surface area contributed by atoms with Crippen molar-refractivity contribution in [3.05, 3.63) is 86.4 Å². The molecule has 0 aliphatic heterocycles. The van der Waals surface area contributed by atoms with E-state index < -0.39 is 34.6 Å². The summed E-state index contributed by atoms with van der Waals surface area (Å²) in [6, 6.07) is 5.52. The van der Waals surface area contributed by atoms with Crippen LogP contribution >= 0.6 is 11.6 Å². The molecule has 0 radical (unpaired) electrons. The van der Waals surface area contributed by atoms with Gasteiger partial charge in [0.15, 0.2) is 11.2 Å². The van der Waals surface area contributed by atoms with Gasteiger partial charge in [0, 0.05) is 11.2 Å². The molecule has 7 nitrogen and oxygen atoms in total. The Morgan fingerprint density at radius 1 is 1.09 bits per heavy atom. The Morgan fingerprint density at radius 2 is 1.79 bits per heavy atom. The summed E-state index contributed by atoms with van der Waals surface area (Å²) in [6.45, 7) is 3.28. The number of nitrogens with one attached hydrogen (secondary N) is 1. The molecule has 4 rings (SSSR count). The molecule has 174 valence electrons. The van der Waals surface area contributed by atoms with Gasteiger partial charge >= 0.3 is 6.18 Å². The van der Waals surface area contributed by atoms with Gasteiger partial charge in [-0.1, -0.05) is 11.6 Å². The van der Waals surface area contributed by atoms with Crippen molar-refractivity contribution >= 4 is 34.4 Å². The average Bonchev–Trinajstić information content (AvgIpc) is 2.76. The summed E-state index contributed by atoms with van der Waals surface area (Å²) in [4.78, 5) is 37.8. The van der Waals surface area contributed by atoms with Gasteiger partial charge in [0.25, 0.3) is 5.91 Å². The van der Waals surface area contributed by atoms with Crippen molar-refractivity contribution in [2.75, 3.05) is 5.32 Å². The summed E-state index contributed by atoms with van der Waals surface area (Å²) < 4.78 is 54.1. The number of fused-ring (bicyclic) bond motifs is 1. The number of alkyl halides is 3. The fraction of sp³-hybridized carbons (Fsp3) is 0.136. The van der Waals surface area contributed by atoms with Gasteiger partial charge in [-0.2, -0.15) is 13.2 Å². The van der Waals surface area contributed by atoms with Crippen LogP contribution in [0.1, 0.15) is 27.4 Å². The van der Waals surface area contributed by atoms with E-state index in [1.165, 1.54) is 16.7 Å². The lowest BCUT2D eigenvalue weighted by atomic mass is 10.2. The lowest BCUT2D eigenvalue weighted by Crippen LogP contribution is -2.25. The fourth-order valence-electron chi connectivity index (χ4n) is 3.14. The highest BCUT2D eigenvalue weighted by Crippen LogP contribution is 2.28. The number of benzene rings is 1. The van der Waals surface area contributed by atoms with E-state index in [9.17, 15) is 27.2 Å². The van der Waals surface area contributed by atoms with Crippen LogP contribution in [0.4, 0.5) is 23.2 Å². The van der Waals surface area contributed by atoms with E-state index in [4.69, 9.17) is 11.6 Å². The summed E-state index contributed by atoms with van der Waals surface area (Å²) in [5.74, 6) is -1.69. The monoisotopic (exact) mass is 491 g/mol. The molecule has 34 heavy (non-hydrogen) atoms. The van der Waals surface area contributed by atoms with Gasteiger partial charge in [-0.25, -0.2) is 19.3 Å². The first kappa shape index (κ1) is 23.3. The van der Waals surface area contributed by atoms with Crippen LogP contribution in [0.3, 0.4) is 0 Å². The van der Waals surface area contributed by atoms with Crippen LogP contribution in [-0.4, -0.2) is 25.4 Å². The van der Waals surface area contributed by atoms with Crippen LogP contribution in [0, 0.1) is 19.7 Å². The van der Waals surface area contributed by atoms with Gasteiger partial charge < -0.3 is 5.32 Å². The molecule has 0 unspecified atom stereocenters. The lowest BCUT2D eigenvalue weighted by molar-refractivity contribution is -0.141. The third-order valence-electron chi connectivity index (χ3n) is 4.96. The largest absolute Gasteiger partial charge is 0.433 e. The number of carbonyl (C=O) groups excluding carboxylic acids is 1. The lowest BCUT2D eigenvalue weighted by Gasteiger charge is -2.14. The number of aryl methyl sites for hydroxylation is 2. The second-order valence-electron chi connectivity index (χ2n) is 7.29. The predicted octanol–water partition coefficient (Wildman–Crippen LogP) is 4.86. The molecule has 12 heteroatoms. The maximum absolute atomic E-state index is 14.7. The average molecular weight is 492 g/mol. The number of rotatable bonds is 3. The standard InChI is InChI=1S/C22H14ClF4N5O2/c1-10-11(2)30-20-18(29-10)19(33)14(9-32(20)16-5-3-12(23)7-15(16)24)21(34)31-13-4-6-17(28-8-13)22(25,26)27/h3-9H,1-2H3,(H,31,34). The normalized spacial score (nSPS) is 11.6. The minimum atomic E-state index is -4.65. The van der Waals surface area contributed by atoms with Crippen molar-refractivity contribution in [1.29, 1.82) is 0 Å². The van der Waals surface area contributed by atoms with Crippen LogP contribution in [0.5, 0.6) is 0 Å². The van der Waals surface area contributed by atoms with Crippen molar-refractivity contribution in [3.8, 4) is 5.69 Å². The summed E-state index contributed by atoms with van der Waals surface area (Å²) in [5, 5.41) is 2.46. The third kappa shape index (κ3) is 4.34. The van der Waals surface area contributed by atoms with Crippen LogP contribution < -0.4 is 10.7 Å². The summed E-state index contributed by atoms with van der Waals surface area (Å²) in [5.41, 5.74) is -1.73. The number of halogens is 5. The second kappa shape index (κ2) is 8.49. The number of aromatic nitrogens is 4. The van der Waals surface area contributed by atoms with E-state index in [0.717, 1.165) is 24.5 Å². The molecule has 1 N–H and O–H groups in total. The van der Waals surface area contributed by atoms with Crippen molar-refractivity contribution in [1.82, 2.24) is 19.5 Å². The van der Waals surface area contributed by atoms with Crippen LogP contribution in [-0.2, 0) is 6.18 Å². The van der Waals surface area contributed by atoms with Gasteiger partial charge in [0.1, 0.15) is 17.1 Å². The van der Waals surface area contributed by atoms with Crippen LogP contribution in [0.15, 0.2) is 47.5 Å². The molecule has 0 atom stereocenters. The molecule has 0 saturated carbocycles. The maximum Gasteiger partial charge on any atom is 0.433 e. The molecule has 0 aliphatic rings. The smallest absolute Gasteiger partial charge is 0.320 e. The van der Waals surface area contributed by atoms with Crippen molar-refractivity contribution in [2.24, 2.45) is 0 Å². The van der Waals surface area contributed by atoms with E-state index in [1.54, 1.807) is 13.8 Å². The maximum atomic E-state index is 14.7. The zero-order valence-corrected chi connectivity index (χ0v) is 18.3. The van der Waals surface area contributed by atoms with Crippen LogP contribution in [0.25, 0.3) is 16.9 Å². The number of hydrogen-bond acceptors (Lipinski definition) is 5. The molecular weight excluding hydrogens is 478 g/mol. The van der Waals surface area contributed by atoms with Gasteiger partial charge in [-0.05, 0) is 44.2 Å². The van der Waals surface area contributed by atoms with Gasteiger partial charge in [0.05, 0.1) is 29.0 Å². The van der Waals surface area contributed by atoms with E-state index in [2.05, 4.69) is 20.3 Å². The molecule has 1 amide bonds. The fourth-order valence-corrected chi connectivity index (χ4v) is 3.30. The number of pyridine rings is 2. The highest BCUT2D eigenvalue weighted by Gasteiger charge is 2.32. The molecule has 0 spiro atoms. The van der Waals surface area contributed by atoms with E-state index in [0.29, 0.717) is 17.5 Å². The Kier molecular flexibility index (Phi) is 5.82. The Balaban J connectivity index is 1.86. The molecule has 0 fully saturated rings. The molecule has 0 bridgehead atoms. The number of carbonyl (C=O) groups is 1. The molecule has 0 saturated heterocycles. The third-order valence-corrected chi connectivity index (χ3v) is 5.20. The molecule has 4 aromatic rings. The minimum absolute atomic E-state index is 0.0158. The number of amides is 1. The summed E-state index contributed by atoms with van der Waals surface area (Å²) in [7, 11) is 0. The number of hydrogen-bond donors (Lipinski definition) is 1. The summed E-state index contributed by atoms with van der Waals surface area (Å²) >= 11 is 5.84. The van der Waals surface area contributed by atoms with Crippen molar-refractivity contribution in [3.63, 3.8) is 0 Å². The summed E-state index contributed by atoms with van der Waals surface area (Å²) in [6.07, 6.45) is -2.74. The van der Waals surface area contributed by atoms with Crippen LogP contribution in [0.2, 0.25) is 5.02 Å². The van der Waals surface area contributed by atoms with E-state index in [1.807, 2.05) is 0 Å². The molecule has 3 heterocycles. The van der Waals surface area contributed by atoms with Gasteiger partial charge in [-0.15, -0.1) is 0 Å². The highest BCUT2D eigenvalue weighted by molar-refractivity contribution is 6.30.